The third-order valence-corrected chi connectivity index (χ3v) is 5.04. The van der Waals surface area contributed by atoms with Crippen molar-refractivity contribution in [2.45, 2.75) is 5.16 Å². The first kappa shape index (κ1) is 22.3. The van der Waals surface area contributed by atoms with E-state index in [1.54, 1.807) is 53.1 Å². The van der Waals surface area contributed by atoms with Crippen LogP contribution in [0.2, 0.25) is 5.02 Å². The molecule has 0 aliphatic rings. The van der Waals surface area contributed by atoms with Crippen LogP contribution in [0.4, 0.5) is 4.39 Å². The van der Waals surface area contributed by atoms with E-state index in [2.05, 4.69) is 10.2 Å². The van der Waals surface area contributed by atoms with E-state index in [1.807, 2.05) is 0 Å². The fourth-order valence-corrected chi connectivity index (χ4v) is 3.26. The van der Waals surface area contributed by atoms with Crippen molar-refractivity contribution in [1.29, 1.82) is 5.41 Å². The minimum atomic E-state index is -0.460. The first-order valence-corrected chi connectivity index (χ1v) is 10.3. The van der Waals surface area contributed by atoms with Gasteiger partial charge in [0.25, 0.3) is 0 Å². The highest BCUT2D eigenvalue weighted by Gasteiger charge is 2.18. The predicted octanol–water partition coefficient (Wildman–Crippen LogP) is 4.58. The molecule has 0 saturated carbocycles. The number of hydrogen-bond acceptors (Lipinski definition) is 6. The second-order valence-electron chi connectivity index (χ2n) is 6.05. The Morgan fingerprint density at radius 1 is 1.16 bits per heavy atom. The minimum absolute atomic E-state index is 0.0669. The van der Waals surface area contributed by atoms with Gasteiger partial charge in [-0.3, -0.25) is 9.36 Å². The largest absolute Gasteiger partial charge is 0.461 e. The zero-order valence-electron chi connectivity index (χ0n) is 16.0. The molecule has 0 atom stereocenters. The Labute approximate surface area is 186 Å². The number of nitrogens with one attached hydrogen (secondary N) is 1. The molecule has 0 spiro atoms. The van der Waals surface area contributed by atoms with Gasteiger partial charge in [0.15, 0.2) is 10.9 Å². The van der Waals surface area contributed by atoms with E-state index in [4.69, 9.17) is 27.2 Å². The predicted molar refractivity (Wildman–Crippen MR) is 118 cm³/mol. The lowest BCUT2D eigenvalue weighted by molar-refractivity contribution is -0.115. The Hall–Kier alpha value is -3.43. The molecule has 7 nitrogen and oxygen atoms in total. The van der Waals surface area contributed by atoms with E-state index in [-0.39, 0.29) is 11.6 Å². The minimum Gasteiger partial charge on any atom is -0.461 e. The van der Waals surface area contributed by atoms with E-state index in [0.717, 1.165) is 17.3 Å². The van der Waals surface area contributed by atoms with Crippen molar-refractivity contribution < 1.29 is 13.6 Å². The number of benzene rings is 2. The molecule has 0 saturated heterocycles. The normalized spacial score (nSPS) is 10.3. The SMILES string of the molecule is N=Cc1ccc(Cl)cc1.NC(=O)CSc1nnc(-c2ccco2)n1-c1ccc(F)cc1. The van der Waals surface area contributed by atoms with Crippen LogP contribution in [0.1, 0.15) is 5.56 Å². The van der Waals surface area contributed by atoms with Crippen molar-refractivity contribution in [1.82, 2.24) is 14.8 Å². The molecule has 4 aromatic rings. The van der Waals surface area contributed by atoms with Gasteiger partial charge < -0.3 is 15.6 Å². The van der Waals surface area contributed by atoms with Crippen LogP contribution in [0.3, 0.4) is 0 Å². The fraction of sp³-hybridized carbons (Fsp3) is 0.0476. The molecule has 2 aromatic heterocycles. The third-order valence-electron chi connectivity index (χ3n) is 3.84. The van der Waals surface area contributed by atoms with Crippen LogP contribution in [0.5, 0.6) is 0 Å². The van der Waals surface area contributed by atoms with E-state index < -0.39 is 5.91 Å². The quantitative estimate of drug-likeness (QED) is 0.325. The summed E-state index contributed by atoms with van der Waals surface area (Å²) >= 11 is 6.75. The van der Waals surface area contributed by atoms with Gasteiger partial charge in [-0.1, -0.05) is 35.5 Å². The summed E-state index contributed by atoms with van der Waals surface area (Å²) in [5.74, 6) is 0.240. The zero-order chi connectivity index (χ0) is 22.2. The fourth-order valence-electron chi connectivity index (χ4n) is 2.45. The number of amides is 1. The van der Waals surface area contributed by atoms with Gasteiger partial charge in [0.1, 0.15) is 5.82 Å². The maximum atomic E-state index is 13.1. The Morgan fingerprint density at radius 2 is 1.87 bits per heavy atom. The number of primary amides is 1. The summed E-state index contributed by atoms with van der Waals surface area (Å²) in [5, 5.41) is 16.2. The van der Waals surface area contributed by atoms with Gasteiger partial charge in [-0.05, 0) is 54.1 Å². The standard InChI is InChI=1S/C14H11FN4O2S.C7H6ClN/c15-9-3-5-10(6-4-9)19-13(11-2-1-7-21-11)17-18-14(19)22-8-12(16)20;8-7-3-1-6(5-9)2-4-7/h1-7H,8H2,(H2,16,20);1-5,9H. The molecule has 3 N–H and O–H groups in total. The van der Waals surface area contributed by atoms with Gasteiger partial charge in [-0.25, -0.2) is 4.39 Å². The van der Waals surface area contributed by atoms with Gasteiger partial charge >= 0.3 is 0 Å². The summed E-state index contributed by atoms with van der Waals surface area (Å²) in [6.07, 6.45) is 2.81. The van der Waals surface area contributed by atoms with Crippen LogP contribution in [0, 0.1) is 11.2 Å². The van der Waals surface area contributed by atoms with E-state index in [1.165, 1.54) is 24.6 Å². The van der Waals surface area contributed by atoms with Crippen molar-refractivity contribution in [3.63, 3.8) is 0 Å². The van der Waals surface area contributed by atoms with E-state index >= 15 is 0 Å². The molecular formula is C21H17ClFN5O2S. The topological polar surface area (TPSA) is 111 Å². The number of carbonyl (C=O) groups is 1. The lowest BCUT2D eigenvalue weighted by atomic mass is 10.2. The van der Waals surface area contributed by atoms with Crippen LogP contribution in [-0.2, 0) is 4.79 Å². The van der Waals surface area contributed by atoms with Crippen molar-refractivity contribution in [2.75, 3.05) is 5.75 Å². The van der Waals surface area contributed by atoms with Gasteiger partial charge in [0.2, 0.25) is 11.7 Å². The first-order valence-electron chi connectivity index (χ1n) is 8.90. The number of furan rings is 1. The van der Waals surface area contributed by atoms with Gasteiger partial charge in [-0.15, -0.1) is 10.2 Å². The second kappa shape index (κ2) is 10.6. The second-order valence-corrected chi connectivity index (χ2v) is 7.43. The number of aromatic nitrogens is 3. The number of thioether (sulfide) groups is 1. The molecular weight excluding hydrogens is 441 g/mol. The number of nitrogens with zero attached hydrogens (tertiary/aromatic N) is 3. The lowest BCUT2D eigenvalue weighted by Crippen LogP contribution is -2.13. The van der Waals surface area contributed by atoms with Crippen LogP contribution >= 0.6 is 23.4 Å². The van der Waals surface area contributed by atoms with E-state index in [9.17, 15) is 9.18 Å². The van der Waals surface area contributed by atoms with Crippen molar-refractivity contribution in [2.24, 2.45) is 5.73 Å². The number of hydrogen-bond donors (Lipinski definition) is 2. The Bertz CT molecular complexity index is 1150. The van der Waals surface area contributed by atoms with E-state index in [0.29, 0.717) is 27.5 Å². The molecule has 0 aliphatic heterocycles. The lowest BCUT2D eigenvalue weighted by Gasteiger charge is -2.08. The highest BCUT2D eigenvalue weighted by atomic mass is 35.5. The maximum absolute atomic E-state index is 13.1. The number of nitrogens with two attached hydrogens (primary N) is 1. The molecule has 0 fully saturated rings. The molecule has 158 valence electrons. The number of halogens is 2. The molecule has 0 bridgehead atoms. The van der Waals surface area contributed by atoms with Crippen molar-refractivity contribution >= 4 is 35.5 Å². The summed E-state index contributed by atoms with van der Waals surface area (Å²) < 4.78 is 20.2. The van der Waals surface area contributed by atoms with Gasteiger partial charge in [0, 0.05) is 11.2 Å². The molecule has 1 amide bonds. The highest BCUT2D eigenvalue weighted by molar-refractivity contribution is 7.99. The Morgan fingerprint density at radius 3 is 2.45 bits per heavy atom. The molecule has 0 aliphatic carbocycles. The summed E-state index contributed by atoms with van der Waals surface area (Å²) in [5.41, 5.74) is 6.70. The van der Waals surface area contributed by atoms with Crippen LogP contribution in [0.25, 0.3) is 17.3 Å². The Balaban J connectivity index is 0.000000254. The van der Waals surface area contributed by atoms with Crippen LogP contribution in [0.15, 0.2) is 76.5 Å². The third kappa shape index (κ3) is 6.03. The zero-order valence-corrected chi connectivity index (χ0v) is 17.6. The van der Waals surface area contributed by atoms with Crippen LogP contribution in [-0.4, -0.2) is 32.6 Å². The Kier molecular flexibility index (Phi) is 7.58. The average molecular weight is 458 g/mol. The average Bonchev–Trinajstić information content (AvgIpc) is 3.44. The molecule has 10 heteroatoms. The van der Waals surface area contributed by atoms with Gasteiger partial charge in [0.05, 0.1) is 17.7 Å². The molecule has 2 heterocycles. The van der Waals surface area contributed by atoms with Crippen molar-refractivity contribution in [3.05, 3.63) is 83.3 Å². The molecule has 31 heavy (non-hydrogen) atoms. The summed E-state index contributed by atoms with van der Waals surface area (Å²) in [4.78, 5) is 11.0. The number of rotatable bonds is 6. The van der Waals surface area contributed by atoms with Gasteiger partial charge in [-0.2, -0.15) is 0 Å². The monoisotopic (exact) mass is 457 g/mol. The highest BCUT2D eigenvalue weighted by Crippen LogP contribution is 2.28. The molecule has 0 unspecified atom stereocenters. The molecule has 0 radical (unpaired) electrons. The van der Waals surface area contributed by atoms with Crippen LogP contribution < -0.4 is 5.73 Å². The van der Waals surface area contributed by atoms with Crippen molar-refractivity contribution in [3.8, 4) is 17.3 Å². The summed E-state index contributed by atoms with van der Waals surface area (Å²) in [6, 6.07) is 16.5. The molecule has 4 rings (SSSR count). The maximum Gasteiger partial charge on any atom is 0.227 e. The number of carbonyl (C=O) groups excluding carboxylic acids is 1. The smallest absolute Gasteiger partial charge is 0.227 e. The molecule has 2 aromatic carbocycles. The summed E-state index contributed by atoms with van der Waals surface area (Å²) in [7, 11) is 0. The first-order chi connectivity index (χ1) is 15.0. The summed E-state index contributed by atoms with van der Waals surface area (Å²) in [6.45, 7) is 0.